The molecule has 0 bridgehead atoms. The van der Waals surface area contributed by atoms with E-state index in [2.05, 4.69) is 0 Å². The molecule has 1 fully saturated rings. The minimum atomic E-state index is 0.215. The zero-order valence-corrected chi connectivity index (χ0v) is 8.07. The third-order valence-corrected chi connectivity index (χ3v) is 2.68. The van der Waals surface area contributed by atoms with Gasteiger partial charge in [0.2, 0.25) is 0 Å². The number of halogens is 2. The minimum Gasteiger partial charge on any atom is -0.375 e. The molecule has 0 aromatic heterocycles. The normalized spacial score (nSPS) is 32.2. The molecule has 0 radical (unpaired) electrons. The van der Waals surface area contributed by atoms with Gasteiger partial charge in [-0.15, -0.1) is 23.2 Å². The van der Waals surface area contributed by atoms with Crippen molar-refractivity contribution in [1.82, 2.24) is 0 Å². The Labute approximate surface area is 78.0 Å². The first-order valence-electron chi connectivity index (χ1n) is 4.16. The molecule has 0 unspecified atom stereocenters. The number of alkyl halides is 2. The first kappa shape index (κ1) is 9.63. The van der Waals surface area contributed by atoms with Gasteiger partial charge < -0.3 is 4.74 Å². The predicted octanol–water partition coefficient (Wildman–Crippen LogP) is 2.79. The van der Waals surface area contributed by atoms with E-state index in [0.29, 0.717) is 12.5 Å². The minimum absolute atomic E-state index is 0.215. The first-order chi connectivity index (χ1) is 5.34. The van der Waals surface area contributed by atoms with Crippen LogP contribution in [0.1, 0.15) is 25.7 Å². The van der Waals surface area contributed by atoms with Crippen LogP contribution in [0.2, 0.25) is 0 Å². The Morgan fingerprint density at radius 3 is 2.64 bits per heavy atom. The fourth-order valence-corrected chi connectivity index (χ4v) is 1.88. The molecule has 11 heavy (non-hydrogen) atoms. The van der Waals surface area contributed by atoms with Gasteiger partial charge in [0, 0.05) is 5.88 Å². The lowest BCUT2D eigenvalue weighted by Crippen LogP contribution is -2.28. The Bertz CT molecular complexity index is 108. The molecule has 1 rings (SSSR count). The third kappa shape index (κ3) is 3.18. The summed E-state index contributed by atoms with van der Waals surface area (Å²) in [6.07, 6.45) is 4.94. The van der Waals surface area contributed by atoms with Crippen LogP contribution in [0, 0.1) is 0 Å². The van der Waals surface area contributed by atoms with Crippen LogP contribution in [0.3, 0.4) is 0 Å². The van der Waals surface area contributed by atoms with Crippen molar-refractivity contribution >= 4 is 23.2 Å². The summed E-state index contributed by atoms with van der Waals surface area (Å²) in [6.45, 7) is 0.634. The van der Waals surface area contributed by atoms with Crippen LogP contribution >= 0.6 is 23.2 Å². The highest BCUT2D eigenvalue weighted by Gasteiger charge is 2.23. The SMILES string of the molecule is ClCCO[C@H]1CCCC[C@@H]1Cl. The third-order valence-electron chi connectivity index (χ3n) is 2.03. The number of rotatable bonds is 3. The van der Waals surface area contributed by atoms with Crippen molar-refractivity contribution < 1.29 is 4.74 Å². The van der Waals surface area contributed by atoms with Crippen molar-refractivity contribution in [2.24, 2.45) is 0 Å². The quantitative estimate of drug-likeness (QED) is 0.632. The van der Waals surface area contributed by atoms with Gasteiger partial charge in [0.15, 0.2) is 0 Å². The zero-order valence-electron chi connectivity index (χ0n) is 6.56. The van der Waals surface area contributed by atoms with Gasteiger partial charge in [-0.1, -0.05) is 12.8 Å². The van der Waals surface area contributed by atoms with E-state index < -0.39 is 0 Å². The van der Waals surface area contributed by atoms with E-state index >= 15 is 0 Å². The van der Waals surface area contributed by atoms with Crippen molar-refractivity contribution in [3.63, 3.8) is 0 Å². The molecule has 0 heterocycles. The van der Waals surface area contributed by atoms with E-state index in [1.165, 1.54) is 12.8 Å². The van der Waals surface area contributed by atoms with Crippen molar-refractivity contribution in [2.75, 3.05) is 12.5 Å². The average molecular weight is 197 g/mol. The Hall–Kier alpha value is 0.540. The second kappa shape index (κ2) is 5.23. The monoisotopic (exact) mass is 196 g/mol. The second-order valence-electron chi connectivity index (χ2n) is 2.90. The van der Waals surface area contributed by atoms with Gasteiger partial charge in [-0.25, -0.2) is 0 Å². The second-order valence-corrected chi connectivity index (χ2v) is 3.84. The molecule has 0 spiro atoms. The fraction of sp³-hybridized carbons (Fsp3) is 1.00. The maximum Gasteiger partial charge on any atom is 0.0739 e. The topological polar surface area (TPSA) is 9.23 Å². The molecule has 0 saturated heterocycles. The van der Waals surface area contributed by atoms with Crippen LogP contribution in [0.4, 0.5) is 0 Å². The Balaban J connectivity index is 2.18. The van der Waals surface area contributed by atoms with Crippen molar-refractivity contribution in [2.45, 2.75) is 37.2 Å². The van der Waals surface area contributed by atoms with Gasteiger partial charge >= 0.3 is 0 Å². The predicted molar refractivity (Wildman–Crippen MR) is 48.6 cm³/mol. The summed E-state index contributed by atoms with van der Waals surface area (Å²) >= 11 is 11.6. The summed E-state index contributed by atoms with van der Waals surface area (Å²) in [5.74, 6) is 0.570. The van der Waals surface area contributed by atoms with Crippen LogP contribution in [0.15, 0.2) is 0 Å². The molecule has 66 valence electrons. The molecule has 2 atom stereocenters. The zero-order chi connectivity index (χ0) is 8.10. The molecular weight excluding hydrogens is 183 g/mol. The lowest BCUT2D eigenvalue weighted by atomic mass is 9.97. The molecule has 0 amide bonds. The highest BCUT2D eigenvalue weighted by Crippen LogP contribution is 2.25. The largest absolute Gasteiger partial charge is 0.375 e. The molecule has 0 aromatic carbocycles. The Morgan fingerprint density at radius 2 is 2.00 bits per heavy atom. The van der Waals surface area contributed by atoms with E-state index in [4.69, 9.17) is 27.9 Å². The van der Waals surface area contributed by atoms with E-state index in [9.17, 15) is 0 Å². The van der Waals surface area contributed by atoms with Crippen molar-refractivity contribution in [3.05, 3.63) is 0 Å². The number of ether oxygens (including phenoxy) is 1. The fourth-order valence-electron chi connectivity index (χ4n) is 1.44. The number of hydrogen-bond acceptors (Lipinski definition) is 1. The smallest absolute Gasteiger partial charge is 0.0739 e. The molecule has 0 N–H and O–H groups in total. The summed E-state index contributed by atoms with van der Waals surface area (Å²) in [4.78, 5) is 0. The summed E-state index contributed by atoms with van der Waals surface area (Å²) < 4.78 is 5.48. The van der Waals surface area contributed by atoms with E-state index in [0.717, 1.165) is 12.8 Å². The van der Waals surface area contributed by atoms with Gasteiger partial charge in [-0.05, 0) is 12.8 Å². The van der Waals surface area contributed by atoms with Gasteiger partial charge in [0.25, 0.3) is 0 Å². The Morgan fingerprint density at radius 1 is 1.27 bits per heavy atom. The highest BCUT2D eigenvalue weighted by molar-refractivity contribution is 6.21. The summed E-state index contributed by atoms with van der Waals surface area (Å²) in [6, 6.07) is 0. The molecule has 1 aliphatic carbocycles. The van der Waals surface area contributed by atoms with Gasteiger partial charge in [-0.3, -0.25) is 0 Å². The van der Waals surface area contributed by atoms with E-state index in [1.807, 2.05) is 0 Å². The molecule has 0 aliphatic heterocycles. The maximum atomic E-state index is 6.05. The van der Waals surface area contributed by atoms with E-state index in [-0.39, 0.29) is 11.5 Å². The molecule has 3 heteroatoms. The molecule has 0 aromatic rings. The highest BCUT2D eigenvalue weighted by atomic mass is 35.5. The molecular formula is C8H14Cl2O. The van der Waals surface area contributed by atoms with Crippen LogP contribution in [-0.2, 0) is 4.74 Å². The van der Waals surface area contributed by atoms with Crippen molar-refractivity contribution in [1.29, 1.82) is 0 Å². The van der Waals surface area contributed by atoms with Gasteiger partial charge in [0.1, 0.15) is 0 Å². The lowest BCUT2D eigenvalue weighted by molar-refractivity contribution is 0.0411. The maximum absolute atomic E-state index is 6.05. The lowest BCUT2D eigenvalue weighted by Gasteiger charge is -2.26. The molecule has 1 nitrogen and oxygen atoms in total. The van der Waals surface area contributed by atoms with Gasteiger partial charge in [0.05, 0.1) is 18.1 Å². The van der Waals surface area contributed by atoms with Gasteiger partial charge in [-0.2, -0.15) is 0 Å². The Kier molecular flexibility index (Phi) is 4.58. The summed E-state index contributed by atoms with van der Waals surface area (Å²) in [5, 5.41) is 0.215. The van der Waals surface area contributed by atoms with Crippen LogP contribution in [0.25, 0.3) is 0 Å². The standard InChI is InChI=1S/C8H14Cl2O/c9-5-6-11-8-4-2-1-3-7(8)10/h7-8H,1-6H2/t7-,8-/m0/s1. The van der Waals surface area contributed by atoms with Crippen molar-refractivity contribution in [3.8, 4) is 0 Å². The molecule has 1 saturated carbocycles. The van der Waals surface area contributed by atoms with Crippen LogP contribution < -0.4 is 0 Å². The summed E-state index contributed by atoms with van der Waals surface area (Å²) in [5.41, 5.74) is 0. The van der Waals surface area contributed by atoms with Crippen LogP contribution in [0.5, 0.6) is 0 Å². The van der Waals surface area contributed by atoms with E-state index in [1.54, 1.807) is 0 Å². The molecule has 1 aliphatic rings. The van der Waals surface area contributed by atoms with Crippen LogP contribution in [-0.4, -0.2) is 24.0 Å². The summed E-state index contributed by atoms with van der Waals surface area (Å²) in [7, 11) is 0. The number of hydrogen-bond donors (Lipinski definition) is 0. The average Bonchev–Trinajstić information content (AvgIpc) is 2.03. The first-order valence-corrected chi connectivity index (χ1v) is 5.13.